The molecule has 0 aliphatic rings. The maximum Gasteiger partial charge on any atom is 0.269 e. The molecule has 0 unspecified atom stereocenters. The molecule has 0 saturated carbocycles. The number of hydrogen-bond donors (Lipinski definition) is 1. The number of benzene rings is 2. The van der Waals surface area contributed by atoms with E-state index in [1.807, 2.05) is 25.1 Å². The number of imidazole rings is 1. The van der Waals surface area contributed by atoms with E-state index >= 15 is 0 Å². The molecule has 0 bridgehead atoms. The van der Waals surface area contributed by atoms with Crippen molar-refractivity contribution in [1.29, 1.82) is 0 Å². The first-order valence-corrected chi connectivity index (χ1v) is 9.22. The Hall–Kier alpha value is -4.14. The predicted octanol–water partition coefficient (Wildman–Crippen LogP) is 2.60. The van der Waals surface area contributed by atoms with Crippen LogP contribution in [-0.4, -0.2) is 29.1 Å². The summed E-state index contributed by atoms with van der Waals surface area (Å²) in [5.74, 6) is 0.0833. The molecule has 3 heterocycles. The second-order valence-electron chi connectivity index (χ2n) is 6.89. The van der Waals surface area contributed by atoms with E-state index in [1.165, 1.54) is 23.0 Å². The predicted molar refractivity (Wildman–Crippen MR) is 111 cm³/mol. The van der Waals surface area contributed by atoms with E-state index in [2.05, 4.69) is 19.9 Å². The molecule has 0 spiro atoms. The van der Waals surface area contributed by atoms with Gasteiger partial charge in [0.2, 0.25) is 0 Å². The van der Waals surface area contributed by atoms with Gasteiger partial charge in [0.15, 0.2) is 11.5 Å². The number of halogens is 1. The third kappa shape index (κ3) is 2.71. The van der Waals surface area contributed by atoms with Crippen LogP contribution < -0.4 is 11.3 Å². The number of aryl methyl sites for hydroxylation is 1. The lowest BCUT2D eigenvalue weighted by Crippen LogP contribution is -2.26. The summed E-state index contributed by atoms with van der Waals surface area (Å²) in [7, 11) is 0. The van der Waals surface area contributed by atoms with Crippen LogP contribution in [0.25, 0.3) is 27.8 Å². The quantitative estimate of drug-likeness (QED) is 0.498. The van der Waals surface area contributed by atoms with Gasteiger partial charge in [-0.25, -0.2) is 24.3 Å². The Morgan fingerprint density at radius 3 is 2.73 bits per heavy atom. The minimum Gasteiger partial charge on any atom is -0.382 e. The molecule has 0 saturated heterocycles. The Bertz CT molecular complexity index is 1490. The molecule has 0 amide bonds. The highest BCUT2D eigenvalue weighted by molar-refractivity contribution is 5.81. The lowest BCUT2D eigenvalue weighted by molar-refractivity contribution is 0.635. The fraction of sp³-hybridized carbons (Fsp3) is 0.0952. The van der Waals surface area contributed by atoms with Crippen LogP contribution in [0.15, 0.2) is 59.9 Å². The van der Waals surface area contributed by atoms with Gasteiger partial charge in [-0.05, 0) is 30.7 Å². The Kier molecular flexibility index (Phi) is 4.02. The second kappa shape index (κ2) is 6.73. The first-order chi connectivity index (χ1) is 14.5. The molecule has 0 aliphatic carbocycles. The number of nitrogen functional groups attached to an aromatic ring is 1. The van der Waals surface area contributed by atoms with Crippen molar-refractivity contribution in [2.75, 3.05) is 5.73 Å². The third-order valence-corrected chi connectivity index (χ3v) is 5.01. The lowest BCUT2D eigenvalue weighted by atomic mass is 10.1. The second-order valence-corrected chi connectivity index (χ2v) is 6.89. The highest BCUT2D eigenvalue weighted by Crippen LogP contribution is 2.20. The van der Waals surface area contributed by atoms with Crippen molar-refractivity contribution in [3.8, 4) is 5.69 Å². The van der Waals surface area contributed by atoms with Crippen molar-refractivity contribution in [2.24, 2.45) is 0 Å². The summed E-state index contributed by atoms with van der Waals surface area (Å²) >= 11 is 0. The van der Waals surface area contributed by atoms with Gasteiger partial charge in [0.05, 0.1) is 24.1 Å². The molecule has 9 heteroatoms. The largest absolute Gasteiger partial charge is 0.382 e. The van der Waals surface area contributed by atoms with Crippen LogP contribution in [0, 0.1) is 12.7 Å². The molecular weight excluding hydrogens is 385 g/mol. The lowest BCUT2D eigenvalue weighted by Gasteiger charge is -2.16. The van der Waals surface area contributed by atoms with Gasteiger partial charge in [-0.15, -0.1) is 0 Å². The summed E-state index contributed by atoms with van der Waals surface area (Å²) in [6.07, 6.45) is 2.92. The van der Waals surface area contributed by atoms with E-state index in [1.54, 1.807) is 23.0 Å². The van der Waals surface area contributed by atoms with E-state index in [4.69, 9.17) is 5.73 Å². The number of para-hydroxylation sites is 1. The fourth-order valence-electron chi connectivity index (χ4n) is 3.57. The molecule has 0 fully saturated rings. The zero-order valence-electron chi connectivity index (χ0n) is 16.0. The molecule has 0 radical (unpaired) electrons. The zero-order chi connectivity index (χ0) is 20.8. The molecule has 30 heavy (non-hydrogen) atoms. The van der Waals surface area contributed by atoms with Gasteiger partial charge >= 0.3 is 0 Å². The zero-order valence-corrected chi connectivity index (χ0v) is 16.0. The number of anilines is 1. The minimum atomic E-state index is -0.604. The summed E-state index contributed by atoms with van der Waals surface area (Å²) in [6.45, 7) is 2.07. The molecule has 0 atom stereocenters. The van der Waals surface area contributed by atoms with Crippen LogP contribution in [0.4, 0.5) is 10.2 Å². The fourth-order valence-corrected chi connectivity index (χ4v) is 3.57. The van der Waals surface area contributed by atoms with Gasteiger partial charge in [-0.1, -0.05) is 24.3 Å². The highest BCUT2D eigenvalue weighted by Gasteiger charge is 2.18. The van der Waals surface area contributed by atoms with Gasteiger partial charge in [-0.2, -0.15) is 0 Å². The molecule has 8 nitrogen and oxygen atoms in total. The van der Waals surface area contributed by atoms with Crippen LogP contribution in [0.3, 0.4) is 0 Å². The van der Waals surface area contributed by atoms with Crippen molar-refractivity contribution in [3.05, 3.63) is 82.7 Å². The standard InChI is InChI=1S/C21H16FN7O/c1-12-5-2-3-8-15(12)29-16(27-14-7-4-6-13(22)17(14)21(29)30)9-28-11-26-18-19(23)24-10-25-20(18)28/h2-8,10-11H,9H2,1H3,(H2,23,24,25). The highest BCUT2D eigenvalue weighted by atomic mass is 19.1. The molecule has 2 N–H and O–H groups in total. The molecule has 5 rings (SSSR count). The van der Waals surface area contributed by atoms with E-state index in [0.29, 0.717) is 28.2 Å². The van der Waals surface area contributed by atoms with Crippen LogP contribution in [0.5, 0.6) is 0 Å². The average molecular weight is 401 g/mol. The summed E-state index contributed by atoms with van der Waals surface area (Å²) < 4.78 is 17.7. The van der Waals surface area contributed by atoms with Crippen LogP contribution in [-0.2, 0) is 6.54 Å². The molecule has 148 valence electrons. The van der Waals surface area contributed by atoms with Gasteiger partial charge in [0, 0.05) is 0 Å². The number of hydrogen-bond acceptors (Lipinski definition) is 6. The smallest absolute Gasteiger partial charge is 0.269 e. The van der Waals surface area contributed by atoms with E-state index in [9.17, 15) is 9.18 Å². The first-order valence-electron chi connectivity index (χ1n) is 9.22. The Balaban J connectivity index is 1.80. The van der Waals surface area contributed by atoms with Gasteiger partial charge in [0.25, 0.3) is 5.56 Å². The van der Waals surface area contributed by atoms with Gasteiger partial charge < -0.3 is 10.3 Å². The van der Waals surface area contributed by atoms with E-state index in [-0.39, 0.29) is 17.7 Å². The monoisotopic (exact) mass is 401 g/mol. The van der Waals surface area contributed by atoms with Gasteiger partial charge in [-0.3, -0.25) is 9.36 Å². The van der Waals surface area contributed by atoms with Crippen LogP contribution >= 0.6 is 0 Å². The molecule has 0 aliphatic heterocycles. The molecular formula is C21H16FN7O. The van der Waals surface area contributed by atoms with Gasteiger partial charge in [0.1, 0.15) is 28.9 Å². The maximum absolute atomic E-state index is 14.5. The normalized spacial score (nSPS) is 11.4. The number of nitrogens with zero attached hydrogens (tertiary/aromatic N) is 6. The number of nitrogens with two attached hydrogens (primary N) is 1. The minimum absolute atomic E-state index is 0.0495. The van der Waals surface area contributed by atoms with Crippen molar-refractivity contribution in [3.63, 3.8) is 0 Å². The molecule has 3 aromatic heterocycles. The summed E-state index contributed by atoms with van der Waals surface area (Å²) in [6, 6.07) is 11.8. The number of fused-ring (bicyclic) bond motifs is 2. The molecule has 5 aromatic rings. The SMILES string of the molecule is Cc1ccccc1-n1c(Cn2cnc3c(N)ncnc32)nc2cccc(F)c2c1=O. The number of aromatic nitrogens is 6. The third-order valence-electron chi connectivity index (χ3n) is 5.01. The number of rotatable bonds is 3. The van der Waals surface area contributed by atoms with Crippen molar-refractivity contribution in [2.45, 2.75) is 13.5 Å². The summed E-state index contributed by atoms with van der Waals surface area (Å²) in [5, 5.41) is -0.0495. The van der Waals surface area contributed by atoms with Crippen LogP contribution in [0.1, 0.15) is 11.4 Å². The summed E-state index contributed by atoms with van der Waals surface area (Å²) in [5.41, 5.74) is 8.18. The Morgan fingerprint density at radius 2 is 1.90 bits per heavy atom. The molecule has 2 aromatic carbocycles. The van der Waals surface area contributed by atoms with Crippen molar-refractivity contribution >= 4 is 27.9 Å². The van der Waals surface area contributed by atoms with E-state index < -0.39 is 11.4 Å². The van der Waals surface area contributed by atoms with Crippen molar-refractivity contribution < 1.29 is 4.39 Å². The van der Waals surface area contributed by atoms with E-state index in [0.717, 1.165) is 5.56 Å². The van der Waals surface area contributed by atoms with Crippen LogP contribution in [0.2, 0.25) is 0 Å². The topological polar surface area (TPSA) is 105 Å². The Morgan fingerprint density at radius 1 is 1.07 bits per heavy atom. The van der Waals surface area contributed by atoms with Crippen molar-refractivity contribution in [1.82, 2.24) is 29.1 Å². The maximum atomic E-state index is 14.5. The Labute approximate surface area is 169 Å². The summed E-state index contributed by atoms with van der Waals surface area (Å²) in [4.78, 5) is 30.5. The first kappa shape index (κ1) is 17.9. The average Bonchev–Trinajstić information content (AvgIpc) is 3.13.